The van der Waals surface area contributed by atoms with Gasteiger partial charge >= 0.3 is 5.75 Å². The Bertz CT molecular complexity index is 701. The number of fused-ring (bicyclic) bond motifs is 2. The topological polar surface area (TPSA) is 77.3 Å². The maximum Gasteiger partial charge on any atom is 0.308 e. The van der Waals surface area contributed by atoms with Crippen LogP contribution in [0, 0.1) is 0 Å². The van der Waals surface area contributed by atoms with E-state index in [1.54, 1.807) is 24.3 Å². The number of carbonyl (C=O) groups is 2. The van der Waals surface area contributed by atoms with Crippen molar-refractivity contribution in [2.24, 2.45) is 0 Å². The lowest BCUT2D eigenvalue weighted by atomic mass is 9.83. The van der Waals surface area contributed by atoms with E-state index in [2.05, 4.69) is 0 Å². The largest absolute Gasteiger partial charge is 0.590 e. The summed E-state index contributed by atoms with van der Waals surface area (Å²) in [5.74, 6) is -1.26. The van der Waals surface area contributed by atoms with Crippen LogP contribution < -0.4 is 0 Å². The van der Waals surface area contributed by atoms with Crippen molar-refractivity contribution in [3.8, 4) is 11.5 Å². The molecule has 0 spiro atoms. The SMILES string of the molecule is O=C1c2ccccc2C(=O)c2c1ccc(O)c2[OH2+]. The minimum absolute atomic E-state index is 0.0151. The molecule has 88 valence electrons. The molecule has 0 bridgehead atoms. The second-order valence-electron chi connectivity index (χ2n) is 4.09. The smallest absolute Gasteiger partial charge is 0.308 e. The van der Waals surface area contributed by atoms with Crippen molar-refractivity contribution in [1.82, 2.24) is 0 Å². The Balaban J connectivity index is 2.38. The lowest BCUT2D eigenvalue weighted by Gasteiger charge is -2.16. The third kappa shape index (κ3) is 1.20. The zero-order chi connectivity index (χ0) is 12.9. The molecule has 0 saturated heterocycles. The van der Waals surface area contributed by atoms with Crippen LogP contribution >= 0.6 is 0 Å². The molecule has 18 heavy (non-hydrogen) atoms. The zero-order valence-electron chi connectivity index (χ0n) is 9.23. The van der Waals surface area contributed by atoms with E-state index < -0.39 is 0 Å². The molecule has 0 saturated carbocycles. The molecule has 3 N–H and O–H groups in total. The first-order valence-corrected chi connectivity index (χ1v) is 5.37. The van der Waals surface area contributed by atoms with Gasteiger partial charge in [0.15, 0.2) is 5.78 Å². The van der Waals surface area contributed by atoms with Crippen molar-refractivity contribution in [3.05, 3.63) is 58.7 Å². The summed E-state index contributed by atoms with van der Waals surface area (Å²) in [7, 11) is 0. The van der Waals surface area contributed by atoms with Gasteiger partial charge in [0.2, 0.25) is 11.5 Å². The van der Waals surface area contributed by atoms with Crippen molar-refractivity contribution in [1.29, 1.82) is 0 Å². The maximum absolute atomic E-state index is 12.2. The number of hydrogen-bond acceptors (Lipinski definition) is 3. The van der Waals surface area contributed by atoms with Crippen molar-refractivity contribution < 1.29 is 19.8 Å². The fourth-order valence-corrected chi connectivity index (χ4v) is 2.18. The third-order valence-corrected chi connectivity index (χ3v) is 3.07. The Kier molecular flexibility index (Phi) is 2.01. The summed E-state index contributed by atoms with van der Waals surface area (Å²) in [5.41, 5.74) is 0.800. The number of phenols is 1. The van der Waals surface area contributed by atoms with E-state index in [0.29, 0.717) is 5.56 Å². The highest BCUT2D eigenvalue weighted by molar-refractivity contribution is 6.29. The Morgan fingerprint density at radius 1 is 0.833 bits per heavy atom. The normalized spacial score (nSPS) is 13.1. The highest BCUT2D eigenvalue weighted by atomic mass is 16.3. The van der Waals surface area contributed by atoms with Gasteiger partial charge in [0.25, 0.3) is 0 Å². The molecule has 4 heteroatoms. The Morgan fingerprint density at radius 2 is 1.44 bits per heavy atom. The maximum atomic E-state index is 12.2. The minimum atomic E-state index is -0.388. The lowest BCUT2D eigenvalue weighted by molar-refractivity contribution is 0.0976. The second-order valence-corrected chi connectivity index (χ2v) is 4.09. The minimum Gasteiger partial charge on any atom is -0.590 e. The van der Waals surface area contributed by atoms with Crippen LogP contribution in [0.2, 0.25) is 0 Å². The van der Waals surface area contributed by atoms with Gasteiger partial charge in [0.05, 0.1) is 0 Å². The molecule has 4 nitrogen and oxygen atoms in total. The molecule has 2 aromatic carbocycles. The predicted octanol–water partition coefficient (Wildman–Crippen LogP) is 1.61. The first kappa shape index (κ1) is 10.5. The number of rotatable bonds is 0. The molecule has 0 unspecified atom stereocenters. The summed E-state index contributed by atoms with van der Waals surface area (Å²) < 4.78 is 0. The summed E-state index contributed by atoms with van der Waals surface area (Å²) in [5, 5.41) is 17.2. The summed E-state index contributed by atoms with van der Waals surface area (Å²) in [6.45, 7) is 0. The molecule has 2 aromatic rings. The zero-order valence-corrected chi connectivity index (χ0v) is 9.23. The van der Waals surface area contributed by atoms with Crippen LogP contribution in [0.1, 0.15) is 31.8 Å². The quantitative estimate of drug-likeness (QED) is 0.607. The summed E-state index contributed by atoms with van der Waals surface area (Å²) in [6, 6.07) is 9.16. The summed E-state index contributed by atoms with van der Waals surface area (Å²) in [6.07, 6.45) is 0. The predicted molar refractivity (Wildman–Crippen MR) is 64.5 cm³/mol. The molecular formula is C14H9O4+. The standard InChI is InChI=1S/C14H8O4/c15-10-6-5-9-11(14(10)18)13(17)8-4-2-1-3-7(8)12(9)16/h1-6,15,18H/p+1. The number of ketones is 2. The molecule has 1 aliphatic rings. The monoisotopic (exact) mass is 241 g/mol. The average Bonchev–Trinajstić information content (AvgIpc) is 2.39. The molecule has 0 aliphatic heterocycles. The van der Waals surface area contributed by atoms with Crippen LogP contribution in [0.5, 0.6) is 11.5 Å². The second kappa shape index (κ2) is 3.43. The van der Waals surface area contributed by atoms with Gasteiger partial charge in [-0.3, -0.25) is 9.59 Å². The van der Waals surface area contributed by atoms with Gasteiger partial charge in [0.1, 0.15) is 5.56 Å². The van der Waals surface area contributed by atoms with Crippen molar-refractivity contribution >= 4 is 11.6 Å². The number of phenolic OH excluding ortho intramolecular Hbond substituents is 1. The van der Waals surface area contributed by atoms with E-state index >= 15 is 0 Å². The van der Waals surface area contributed by atoms with Crippen molar-refractivity contribution in [2.75, 3.05) is 0 Å². The fraction of sp³-hybridized carbons (Fsp3) is 0. The van der Waals surface area contributed by atoms with Gasteiger partial charge in [-0.05, 0) is 12.1 Å². The fourth-order valence-electron chi connectivity index (χ4n) is 2.18. The number of aromatic hydroxyl groups is 1. The Labute approximate surface area is 102 Å². The summed E-state index contributed by atoms with van der Waals surface area (Å²) in [4.78, 5) is 24.4. The average molecular weight is 241 g/mol. The molecule has 3 rings (SSSR count). The first-order valence-electron chi connectivity index (χ1n) is 5.37. The van der Waals surface area contributed by atoms with E-state index in [9.17, 15) is 14.7 Å². The molecule has 1 aliphatic carbocycles. The number of hydrogen-bond donors (Lipinski definition) is 1. The van der Waals surface area contributed by atoms with Crippen molar-refractivity contribution in [2.45, 2.75) is 0 Å². The Morgan fingerprint density at radius 3 is 2.11 bits per heavy atom. The van der Waals surface area contributed by atoms with Gasteiger partial charge in [-0.1, -0.05) is 24.3 Å². The van der Waals surface area contributed by atoms with E-state index in [1.165, 1.54) is 12.1 Å². The van der Waals surface area contributed by atoms with Crippen LogP contribution in [0.4, 0.5) is 0 Å². The lowest BCUT2D eigenvalue weighted by Crippen LogP contribution is -2.20. The Hall–Kier alpha value is -2.62. The third-order valence-electron chi connectivity index (χ3n) is 3.07. The molecule has 0 atom stereocenters. The first-order chi connectivity index (χ1) is 8.61. The van der Waals surface area contributed by atoms with Crippen LogP contribution in [-0.2, 0) is 0 Å². The summed E-state index contributed by atoms with van der Waals surface area (Å²) >= 11 is 0. The molecule has 0 heterocycles. The van der Waals surface area contributed by atoms with E-state index in [1.807, 2.05) is 0 Å². The van der Waals surface area contributed by atoms with Gasteiger partial charge in [-0.2, -0.15) is 0 Å². The molecular weight excluding hydrogens is 232 g/mol. The van der Waals surface area contributed by atoms with Crippen LogP contribution in [-0.4, -0.2) is 21.8 Å². The van der Waals surface area contributed by atoms with E-state index in [0.717, 1.165) is 0 Å². The van der Waals surface area contributed by atoms with Crippen LogP contribution in [0.25, 0.3) is 0 Å². The number of benzene rings is 2. The van der Waals surface area contributed by atoms with E-state index in [-0.39, 0.29) is 39.8 Å². The van der Waals surface area contributed by atoms with Gasteiger partial charge in [0, 0.05) is 16.7 Å². The van der Waals surface area contributed by atoms with Gasteiger partial charge < -0.3 is 10.2 Å². The van der Waals surface area contributed by atoms with Gasteiger partial charge in [-0.15, -0.1) is 0 Å². The molecule has 0 fully saturated rings. The highest BCUT2D eigenvalue weighted by Gasteiger charge is 2.34. The highest BCUT2D eigenvalue weighted by Crippen LogP contribution is 2.37. The van der Waals surface area contributed by atoms with Crippen molar-refractivity contribution in [3.63, 3.8) is 0 Å². The molecule has 0 amide bonds. The van der Waals surface area contributed by atoms with Crippen LogP contribution in [0.15, 0.2) is 36.4 Å². The van der Waals surface area contributed by atoms with E-state index in [4.69, 9.17) is 5.11 Å². The number of carbonyl (C=O) groups excluding carboxylic acids is 2. The van der Waals surface area contributed by atoms with Crippen LogP contribution in [0.3, 0.4) is 0 Å². The molecule has 0 radical (unpaired) electrons. The van der Waals surface area contributed by atoms with Gasteiger partial charge in [-0.25, -0.2) is 0 Å². The molecule has 0 aromatic heterocycles.